The van der Waals surface area contributed by atoms with E-state index < -0.39 is 0 Å². The standard InChI is InChI=1S/C22H22N4O/c1-15-18(19-5-3-4-6-20(19)25-15)11-12-24-22(27)17-9-7-16(8-10-17)21-13-23-14-26(21)2/h3-10,13-14,25H,11-12H2,1-2H3,(H,24,27). The number of fused-ring (bicyclic) bond motifs is 1. The normalized spacial score (nSPS) is 11.0. The van der Waals surface area contributed by atoms with Crippen LogP contribution in [0, 0.1) is 6.92 Å². The van der Waals surface area contributed by atoms with Crippen LogP contribution < -0.4 is 5.32 Å². The summed E-state index contributed by atoms with van der Waals surface area (Å²) in [4.78, 5) is 20.0. The van der Waals surface area contributed by atoms with Gasteiger partial charge in [-0.15, -0.1) is 0 Å². The van der Waals surface area contributed by atoms with Gasteiger partial charge >= 0.3 is 0 Å². The first-order valence-corrected chi connectivity index (χ1v) is 9.04. The van der Waals surface area contributed by atoms with Crippen LogP contribution in [0.15, 0.2) is 61.1 Å². The molecule has 2 N–H and O–H groups in total. The number of amides is 1. The molecule has 0 bridgehead atoms. The summed E-state index contributed by atoms with van der Waals surface area (Å²) in [6.07, 6.45) is 4.38. The largest absolute Gasteiger partial charge is 0.358 e. The van der Waals surface area contributed by atoms with E-state index in [1.165, 1.54) is 10.9 Å². The summed E-state index contributed by atoms with van der Waals surface area (Å²) < 4.78 is 1.96. The first kappa shape index (κ1) is 17.1. The fourth-order valence-electron chi connectivity index (χ4n) is 3.49. The van der Waals surface area contributed by atoms with E-state index in [-0.39, 0.29) is 5.91 Å². The maximum absolute atomic E-state index is 12.4. The molecule has 27 heavy (non-hydrogen) atoms. The molecule has 0 aliphatic rings. The second-order valence-electron chi connectivity index (χ2n) is 6.75. The van der Waals surface area contributed by atoms with Gasteiger partial charge in [-0.3, -0.25) is 4.79 Å². The third-order valence-electron chi connectivity index (χ3n) is 4.95. The van der Waals surface area contributed by atoms with Crippen LogP contribution in [0.5, 0.6) is 0 Å². The summed E-state index contributed by atoms with van der Waals surface area (Å²) in [7, 11) is 1.95. The van der Waals surface area contributed by atoms with Gasteiger partial charge in [0.15, 0.2) is 0 Å². The Morgan fingerprint density at radius 1 is 1.15 bits per heavy atom. The summed E-state index contributed by atoms with van der Waals surface area (Å²) >= 11 is 0. The van der Waals surface area contributed by atoms with Gasteiger partial charge in [-0.2, -0.15) is 0 Å². The molecule has 0 unspecified atom stereocenters. The zero-order valence-corrected chi connectivity index (χ0v) is 15.5. The highest BCUT2D eigenvalue weighted by Crippen LogP contribution is 2.22. The van der Waals surface area contributed by atoms with E-state index in [2.05, 4.69) is 34.3 Å². The van der Waals surface area contributed by atoms with Crippen LogP contribution in [0.25, 0.3) is 22.2 Å². The number of para-hydroxylation sites is 1. The number of carbonyl (C=O) groups excluding carboxylic acids is 1. The molecule has 0 radical (unpaired) electrons. The van der Waals surface area contributed by atoms with Crippen LogP contribution in [0.3, 0.4) is 0 Å². The zero-order chi connectivity index (χ0) is 18.8. The van der Waals surface area contributed by atoms with Crippen molar-refractivity contribution >= 4 is 16.8 Å². The van der Waals surface area contributed by atoms with Gasteiger partial charge < -0.3 is 14.9 Å². The minimum absolute atomic E-state index is 0.0518. The predicted octanol–water partition coefficient (Wildman–Crippen LogP) is 3.85. The number of nitrogens with zero attached hydrogens (tertiary/aromatic N) is 2. The van der Waals surface area contributed by atoms with Crippen LogP contribution in [0.4, 0.5) is 0 Å². The number of aromatic nitrogens is 3. The van der Waals surface area contributed by atoms with E-state index in [1.54, 1.807) is 6.33 Å². The molecular weight excluding hydrogens is 336 g/mol. The van der Waals surface area contributed by atoms with Gasteiger partial charge in [-0.25, -0.2) is 4.98 Å². The van der Waals surface area contributed by atoms with E-state index in [1.807, 2.05) is 54.2 Å². The Balaban J connectivity index is 1.41. The predicted molar refractivity (Wildman–Crippen MR) is 108 cm³/mol. The van der Waals surface area contributed by atoms with Crippen molar-refractivity contribution in [2.45, 2.75) is 13.3 Å². The molecule has 1 amide bonds. The number of H-pyrrole nitrogens is 1. The van der Waals surface area contributed by atoms with Crippen molar-refractivity contribution in [3.8, 4) is 11.3 Å². The summed E-state index contributed by atoms with van der Waals surface area (Å²) in [6, 6.07) is 15.9. The Kier molecular flexibility index (Phi) is 4.50. The van der Waals surface area contributed by atoms with Gasteiger partial charge in [0.25, 0.3) is 5.91 Å². The minimum Gasteiger partial charge on any atom is -0.358 e. The van der Waals surface area contributed by atoms with Crippen LogP contribution in [0.2, 0.25) is 0 Å². The smallest absolute Gasteiger partial charge is 0.251 e. The molecule has 0 aliphatic carbocycles. The van der Waals surface area contributed by atoms with E-state index in [9.17, 15) is 4.79 Å². The Hall–Kier alpha value is -3.34. The van der Waals surface area contributed by atoms with Crippen LogP contribution in [0.1, 0.15) is 21.6 Å². The number of hydrogen-bond acceptors (Lipinski definition) is 2. The average Bonchev–Trinajstić information content (AvgIpc) is 3.25. The summed E-state index contributed by atoms with van der Waals surface area (Å²) in [6.45, 7) is 2.68. The van der Waals surface area contributed by atoms with Crippen LogP contribution in [-0.4, -0.2) is 27.0 Å². The summed E-state index contributed by atoms with van der Waals surface area (Å²) in [5, 5.41) is 4.25. The number of aromatic amines is 1. The third-order valence-corrected chi connectivity index (χ3v) is 4.95. The molecule has 0 saturated carbocycles. The van der Waals surface area contributed by atoms with Crippen molar-refractivity contribution in [1.29, 1.82) is 0 Å². The fraction of sp³-hybridized carbons (Fsp3) is 0.182. The van der Waals surface area contributed by atoms with Gasteiger partial charge in [0.05, 0.1) is 18.2 Å². The van der Waals surface area contributed by atoms with Crippen molar-refractivity contribution in [1.82, 2.24) is 19.9 Å². The Labute approximate surface area is 158 Å². The molecule has 2 aromatic carbocycles. The van der Waals surface area contributed by atoms with Crippen molar-refractivity contribution in [2.24, 2.45) is 7.05 Å². The lowest BCUT2D eigenvalue weighted by Crippen LogP contribution is -2.25. The molecule has 4 aromatic rings. The number of hydrogen-bond donors (Lipinski definition) is 2. The quantitative estimate of drug-likeness (QED) is 0.569. The molecule has 4 rings (SSSR count). The van der Waals surface area contributed by atoms with E-state index in [4.69, 9.17) is 0 Å². The highest BCUT2D eigenvalue weighted by Gasteiger charge is 2.10. The monoisotopic (exact) mass is 358 g/mol. The molecular formula is C22H22N4O. The Bertz CT molecular complexity index is 1090. The zero-order valence-electron chi connectivity index (χ0n) is 15.5. The van der Waals surface area contributed by atoms with E-state index in [0.717, 1.165) is 28.9 Å². The molecule has 0 atom stereocenters. The Morgan fingerprint density at radius 3 is 2.67 bits per heavy atom. The third kappa shape index (κ3) is 3.36. The molecule has 0 spiro atoms. The average molecular weight is 358 g/mol. The first-order chi connectivity index (χ1) is 13.1. The SMILES string of the molecule is Cc1[nH]c2ccccc2c1CCNC(=O)c1ccc(-c2cncn2C)cc1. The number of rotatable bonds is 5. The lowest BCUT2D eigenvalue weighted by atomic mass is 10.1. The molecule has 0 saturated heterocycles. The lowest BCUT2D eigenvalue weighted by Gasteiger charge is -2.07. The molecule has 0 aliphatic heterocycles. The number of aryl methyl sites for hydroxylation is 2. The van der Waals surface area contributed by atoms with E-state index >= 15 is 0 Å². The highest BCUT2D eigenvalue weighted by atomic mass is 16.1. The minimum atomic E-state index is -0.0518. The van der Waals surface area contributed by atoms with E-state index in [0.29, 0.717) is 12.1 Å². The van der Waals surface area contributed by atoms with Gasteiger partial charge in [0, 0.05) is 35.8 Å². The van der Waals surface area contributed by atoms with Crippen LogP contribution >= 0.6 is 0 Å². The van der Waals surface area contributed by atoms with Crippen molar-refractivity contribution in [3.63, 3.8) is 0 Å². The van der Waals surface area contributed by atoms with Gasteiger partial charge in [-0.05, 0) is 42.7 Å². The van der Waals surface area contributed by atoms with Gasteiger partial charge in [0.1, 0.15) is 0 Å². The second-order valence-corrected chi connectivity index (χ2v) is 6.75. The number of imidazole rings is 1. The number of carbonyl (C=O) groups is 1. The van der Waals surface area contributed by atoms with Gasteiger partial charge in [0.2, 0.25) is 0 Å². The topological polar surface area (TPSA) is 62.7 Å². The van der Waals surface area contributed by atoms with Gasteiger partial charge in [-0.1, -0.05) is 30.3 Å². The molecule has 2 aromatic heterocycles. The van der Waals surface area contributed by atoms with Crippen molar-refractivity contribution in [3.05, 3.63) is 77.9 Å². The van der Waals surface area contributed by atoms with Crippen molar-refractivity contribution < 1.29 is 4.79 Å². The molecule has 5 nitrogen and oxygen atoms in total. The summed E-state index contributed by atoms with van der Waals surface area (Å²) in [5.74, 6) is -0.0518. The molecule has 136 valence electrons. The summed E-state index contributed by atoms with van der Waals surface area (Å²) in [5.41, 5.74) is 6.29. The maximum atomic E-state index is 12.4. The number of nitrogens with one attached hydrogen (secondary N) is 2. The molecule has 5 heteroatoms. The first-order valence-electron chi connectivity index (χ1n) is 9.04. The molecule has 0 fully saturated rings. The maximum Gasteiger partial charge on any atom is 0.251 e. The number of benzene rings is 2. The van der Waals surface area contributed by atoms with Crippen molar-refractivity contribution in [2.75, 3.05) is 6.54 Å². The second kappa shape index (κ2) is 7.11. The molecule has 2 heterocycles. The van der Waals surface area contributed by atoms with Crippen LogP contribution in [-0.2, 0) is 13.5 Å². The highest BCUT2D eigenvalue weighted by molar-refractivity contribution is 5.94. The lowest BCUT2D eigenvalue weighted by molar-refractivity contribution is 0.0954. The fourth-order valence-corrected chi connectivity index (χ4v) is 3.49. The Morgan fingerprint density at radius 2 is 1.93 bits per heavy atom.